The predicted molar refractivity (Wildman–Crippen MR) is 128 cm³/mol. The lowest BCUT2D eigenvalue weighted by molar-refractivity contribution is -0.160. The molecule has 9 heteroatoms. The second kappa shape index (κ2) is 13.8. The van der Waals surface area contributed by atoms with Crippen LogP contribution in [0.1, 0.15) is 47.1 Å². The minimum atomic E-state index is -1.02. The van der Waals surface area contributed by atoms with Gasteiger partial charge in [-0.15, -0.1) is 0 Å². The minimum Gasteiger partial charge on any atom is -0.459 e. The molecule has 34 heavy (non-hydrogen) atoms. The maximum atomic E-state index is 12.9. The summed E-state index contributed by atoms with van der Waals surface area (Å²) in [6.45, 7) is 9.86. The van der Waals surface area contributed by atoms with Gasteiger partial charge < -0.3 is 14.8 Å². The number of hydrazine groups is 1. The van der Waals surface area contributed by atoms with Gasteiger partial charge in [0, 0.05) is 6.08 Å². The van der Waals surface area contributed by atoms with E-state index in [0.29, 0.717) is 0 Å². The summed E-state index contributed by atoms with van der Waals surface area (Å²) in [5, 5.41) is 3.37. The lowest BCUT2D eigenvalue weighted by atomic mass is 10.0. The number of ether oxygens (including phenoxy) is 2. The van der Waals surface area contributed by atoms with Gasteiger partial charge >= 0.3 is 12.1 Å². The Hall–Kier alpha value is -3.62. The van der Waals surface area contributed by atoms with Gasteiger partial charge in [-0.2, -0.15) is 0 Å². The van der Waals surface area contributed by atoms with Crippen LogP contribution in [0.25, 0.3) is 0 Å². The molecule has 0 aliphatic carbocycles. The van der Waals surface area contributed by atoms with Crippen molar-refractivity contribution in [2.24, 2.45) is 5.92 Å². The third kappa shape index (κ3) is 11.3. The molecule has 0 spiro atoms. The Kier molecular flexibility index (Phi) is 11.5. The van der Waals surface area contributed by atoms with Gasteiger partial charge in [-0.3, -0.25) is 19.8 Å². The van der Waals surface area contributed by atoms with Crippen LogP contribution in [-0.2, 0) is 30.5 Å². The number of nitrogens with one attached hydrogen (secondary N) is 2. The highest BCUT2D eigenvalue weighted by Gasteiger charge is 2.29. The molecule has 0 radical (unpaired) electrons. The van der Waals surface area contributed by atoms with Crippen molar-refractivity contribution in [3.8, 4) is 0 Å². The van der Waals surface area contributed by atoms with Crippen LogP contribution in [0, 0.1) is 5.92 Å². The van der Waals surface area contributed by atoms with Crippen molar-refractivity contribution in [3.63, 3.8) is 0 Å². The highest BCUT2D eigenvalue weighted by Crippen LogP contribution is 2.08. The molecule has 1 aromatic rings. The molecule has 0 saturated heterocycles. The highest BCUT2D eigenvalue weighted by atomic mass is 16.6. The first kappa shape index (κ1) is 28.4. The van der Waals surface area contributed by atoms with Gasteiger partial charge in [0.1, 0.15) is 24.8 Å². The number of amides is 3. The summed E-state index contributed by atoms with van der Waals surface area (Å²) in [6.07, 6.45) is 5.26. The van der Waals surface area contributed by atoms with E-state index in [1.165, 1.54) is 12.2 Å². The molecule has 3 amide bonds. The van der Waals surface area contributed by atoms with E-state index in [9.17, 15) is 19.2 Å². The van der Waals surface area contributed by atoms with E-state index in [1.807, 2.05) is 18.2 Å². The number of nitrogens with zero attached hydrogens (tertiary/aromatic N) is 1. The van der Waals surface area contributed by atoms with E-state index in [1.54, 1.807) is 65.8 Å². The zero-order chi connectivity index (χ0) is 25.7. The van der Waals surface area contributed by atoms with Gasteiger partial charge in [-0.1, -0.05) is 62.4 Å². The Labute approximate surface area is 201 Å². The SMILES string of the molecule is C/C=C/C=C/C(=O)N(CC(=O)OC(C)(C)C)NC(=O)[C@@H](NC(=O)OCc1ccccc1)C(C)C. The van der Waals surface area contributed by atoms with E-state index in [4.69, 9.17) is 9.47 Å². The molecule has 1 atom stereocenters. The average Bonchev–Trinajstić information content (AvgIpc) is 2.74. The van der Waals surface area contributed by atoms with Gasteiger partial charge in [-0.25, -0.2) is 9.80 Å². The molecule has 2 N–H and O–H groups in total. The molecule has 1 aromatic carbocycles. The summed E-state index contributed by atoms with van der Waals surface area (Å²) in [5.74, 6) is -2.34. The lowest BCUT2D eigenvalue weighted by Gasteiger charge is -2.28. The maximum Gasteiger partial charge on any atom is 0.408 e. The molecule has 0 fully saturated rings. The van der Waals surface area contributed by atoms with Gasteiger partial charge in [-0.05, 0) is 39.2 Å². The summed E-state index contributed by atoms with van der Waals surface area (Å²) in [5.41, 5.74) is 2.45. The largest absolute Gasteiger partial charge is 0.459 e. The standard InChI is InChI=1S/C25H35N3O6/c1-7-8-10-15-20(29)28(16-21(30)34-25(4,5)6)27-23(31)22(18(2)3)26-24(32)33-17-19-13-11-9-12-14-19/h7-15,18,22H,16-17H2,1-6H3,(H,26,32)(H,27,31)/b8-7+,15-10+/t22-/m0/s1. The number of alkyl carbamates (subject to hydrolysis) is 1. The zero-order valence-corrected chi connectivity index (χ0v) is 20.7. The predicted octanol–water partition coefficient (Wildman–Crippen LogP) is 3.27. The van der Waals surface area contributed by atoms with Crippen molar-refractivity contribution in [2.45, 2.75) is 59.8 Å². The van der Waals surface area contributed by atoms with Crippen LogP contribution < -0.4 is 10.7 Å². The van der Waals surface area contributed by atoms with E-state index in [-0.39, 0.29) is 12.5 Å². The normalized spacial score (nSPS) is 12.4. The van der Waals surface area contributed by atoms with Crippen molar-refractivity contribution in [3.05, 3.63) is 60.2 Å². The first-order valence-corrected chi connectivity index (χ1v) is 11.0. The Balaban J connectivity index is 2.89. The summed E-state index contributed by atoms with van der Waals surface area (Å²) in [6, 6.07) is 8.09. The summed E-state index contributed by atoms with van der Waals surface area (Å²) < 4.78 is 10.5. The van der Waals surface area contributed by atoms with E-state index < -0.39 is 42.1 Å². The fourth-order valence-electron chi connectivity index (χ4n) is 2.64. The monoisotopic (exact) mass is 473 g/mol. The van der Waals surface area contributed by atoms with Crippen LogP contribution in [-0.4, -0.2) is 47.1 Å². The van der Waals surface area contributed by atoms with Crippen molar-refractivity contribution in [2.75, 3.05) is 6.54 Å². The smallest absolute Gasteiger partial charge is 0.408 e. The average molecular weight is 474 g/mol. The Morgan fingerprint density at radius 1 is 1.06 bits per heavy atom. The van der Waals surface area contributed by atoms with Crippen LogP contribution in [0.5, 0.6) is 0 Å². The number of benzene rings is 1. The first-order valence-electron chi connectivity index (χ1n) is 11.0. The Bertz CT molecular complexity index is 888. The van der Waals surface area contributed by atoms with Crippen molar-refractivity contribution in [1.82, 2.24) is 15.8 Å². The molecular weight excluding hydrogens is 438 g/mol. The van der Waals surface area contributed by atoms with Crippen molar-refractivity contribution >= 4 is 23.9 Å². The third-order valence-corrected chi connectivity index (χ3v) is 4.20. The fraction of sp³-hybridized carbons (Fsp3) is 0.440. The lowest BCUT2D eigenvalue weighted by Crippen LogP contribution is -2.57. The van der Waals surface area contributed by atoms with Gasteiger partial charge in [0.05, 0.1) is 0 Å². The molecule has 0 saturated carbocycles. The third-order valence-electron chi connectivity index (χ3n) is 4.20. The van der Waals surface area contributed by atoms with E-state index in [0.717, 1.165) is 10.6 Å². The molecule has 9 nitrogen and oxygen atoms in total. The van der Waals surface area contributed by atoms with Crippen molar-refractivity contribution < 1.29 is 28.7 Å². The fourth-order valence-corrected chi connectivity index (χ4v) is 2.64. The quantitative estimate of drug-likeness (QED) is 0.246. The second-order valence-corrected chi connectivity index (χ2v) is 8.80. The molecule has 0 bridgehead atoms. The number of rotatable bonds is 9. The highest BCUT2D eigenvalue weighted by molar-refractivity contribution is 5.94. The number of hydrogen-bond acceptors (Lipinski definition) is 6. The number of esters is 1. The minimum absolute atomic E-state index is 0.0398. The topological polar surface area (TPSA) is 114 Å². The van der Waals surface area contributed by atoms with Crippen LogP contribution in [0.2, 0.25) is 0 Å². The molecule has 0 aliphatic heterocycles. The van der Waals surface area contributed by atoms with Gasteiger partial charge in [0.2, 0.25) is 0 Å². The summed E-state index contributed by atoms with van der Waals surface area (Å²) in [4.78, 5) is 50.1. The molecule has 0 unspecified atom stereocenters. The molecule has 1 rings (SSSR count). The number of allylic oxidation sites excluding steroid dienone is 3. The second-order valence-electron chi connectivity index (χ2n) is 8.80. The van der Waals surface area contributed by atoms with Crippen LogP contribution in [0.4, 0.5) is 4.79 Å². The van der Waals surface area contributed by atoms with Gasteiger partial charge in [0.15, 0.2) is 0 Å². The number of hydrogen-bond donors (Lipinski definition) is 2. The summed E-state index contributed by atoms with van der Waals surface area (Å²) in [7, 11) is 0. The number of carbonyl (C=O) groups is 4. The number of carbonyl (C=O) groups excluding carboxylic acids is 4. The molecule has 0 heterocycles. The molecule has 0 aromatic heterocycles. The van der Waals surface area contributed by atoms with Crippen LogP contribution in [0.15, 0.2) is 54.6 Å². The summed E-state index contributed by atoms with van der Waals surface area (Å²) >= 11 is 0. The van der Waals surface area contributed by atoms with Crippen LogP contribution in [0.3, 0.4) is 0 Å². The molecule has 0 aliphatic rings. The van der Waals surface area contributed by atoms with Crippen LogP contribution >= 0.6 is 0 Å². The van der Waals surface area contributed by atoms with E-state index in [2.05, 4.69) is 10.7 Å². The first-order chi connectivity index (χ1) is 15.9. The van der Waals surface area contributed by atoms with Crippen molar-refractivity contribution in [1.29, 1.82) is 0 Å². The zero-order valence-electron chi connectivity index (χ0n) is 20.7. The maximum absolute atomic E-state index is 12.9. The molecular formula is C25H35N3O6. The Morgan fingerprint density at radius 3 is 2.26 bits per heavy atom. The molecule has 186 valence electrons. The van der Waals surface area contributed by atoms with E-state index >= 15 is 0 Å². The van der Waals surface area contributed by atoms with Gasteiger partial charge in [0.25, 0.3) is 11.8 Å². The Morgan fingerprint density at radius 2 is 1.71 bits per heavy atom.